The minimum atomic E-state index is 0.0218. The Morgan fingerprint density at radius 1 is 1.18 bits per heavy atom. The Kier molecular flexibility index (Phi) is 5.94. The molecule has 0 heterocycles. The van der Waals surface area contributed by atoms with E-state index in [-0.39, 0.29) is 5.60 Å². The van der Waals surface area contributed by atoms with Gasteiger partial charge in [0.05, 0.1) is 11.7 Å². The van der Waals surface area contributed by atoms with Crippen molar-refractivity contribution in [2.75, 3.05) is 6.54 Å². The molecule has 1 aliphatic carbocycles. The lowest BCUT2D eigenvalue weighted by Gasteiger charge is -2.40. The van der Waals surface area contributed by atoms with Crippen LogP contribution in [0.2, 0.25) is 0 Å². The average molecular weight is 241 g/mol. The second-order valence-electron chi connectivity index (χ2n) is 6.02. The summed E-state index contributed by atoms with van der Waals surface area (Å²) in [4.78, 5) is 0. The highest BCUT2D eigenvalue weighted by molar-refractivity contribution is 4.87. The Labute approximate surface area is 108 Å². The maximum atomic E-state index is 6.36. The SMILES string of the molecule is CCNC1CCC(CC)CC1OC(C)(C)CC. The van der Waals surface area contributed by atoms with Crippen molar-refractivity contribution in [3.8, 4) is 0 Å². The predicted octanol–water partition coefficient (Wildman–Crippen LogP) is 3.75. The van der Waals surface area contributed by atoms with Crippen molar-refractivity contribution in [3.05, 3.63) is 0 Å². The van der Waals surface area contributed by atoms with E-state index < -0.39 is 0 Å². The molecule has 3 unspecified atom stereocenters. The number of ether oxygens (including phenoxy) is 1. The van der Waals surface area contributed by atoms with E-state index in [1.807, 2.05) is 0 Å². The second-order valence-corrected chi connectivity index (χ2v) is 6.02. The maximum absolute atomic E-state index is 6.36. The molecule has 102 valence electrons. The minimum absolute atomic E-state index is 0.0218. The molecule has 0 aromatic rings. The highest BCUT2D eigenvalue weighted by Gasteiger charge is 2.33. The molecule has 17 heavy (non-hydrogen) atoms. The lowest BCUT2D eigenvalue weighted by Crippen LogP contribution is -2.48. The van der Waals surface area contributed by atoms with Crippen LogP contribution in [0.3, 0.4) is 0 Å². The lowest BCUT2D eigenvalue weighted by molar-refractivity contribution is -0.106. The first-order valence-electron chi connectivity index (χ1n) is 7.43. The lowest BCUT2D eigenvalue weighted by atomic mass is 9.82. The third kappa shape index (κ3) is 4.59. The number of likely N-dealkylation sites (N-methyl/N-ethyl adjacent to an activating group) is 1. The third-order valence-corrected chi connectivity index (χ3v) is 4.27. The van der Waals surface area contributed by atoms with Gasteiger partial charge in [0.25, 0.3) is 0 Å². The molecule has 1 saturated carbocycles. The zero-order valence-corrected chi connectivity index (χ0v) is 12.4. The van der Waals surface area contributed by atoms with E-state index in [0.717, 1.165) is 18.9 Å². The molecule has 3 atom stereocenters. The van der Waals surface area contributed by atoms with Gasteiger partial charge in [0.1, 0.15) is 0 Å². The van der Waals surface area contributed by atoms with E-state index in [1.165, 1.54) is 25.7 Å². The van der Waals surface area contributed by atoms with Crippen LogP contribution in [-0.4, -0.2) is 24.3 Å². The summed E-state index contributed by atoms with van der Waals surface area (Å²) in [6.45, 7) is 12.2. The van der Waals surface area contributed by atoms with Gasteiger partial charge in [-0.15, -0.1) is 0 Å². The van der Waals surface area contributed by atoms with E-state index in [1.54, 1.807) is 0 Å². The smallest absolute Gasteiger partial charge is 0.0737 e. The van der Waals surface area contributed by atoms with Gasteiger partial charge in [-0.25, -0.2) is 0 Å². The van der Waals surface area contributed by atoms with Crippen LogP contribution in [0.15, 0.2) is 0 Å². The van der Waals surface area contributed by atoms with Gasteiger partial charge in [0.2, 0.25) is 0 Å². The standard InChI is InChI=1S/C15H31NO/c1-6-12-9-10-13(16-8-3)14(11-12)17-15(4,5)7-2/h12-14,16H,6-11H2,1-5H3. The molecule has 1 aliphatic rings. The first-order chi connectivity index (χ1) is 8.02. The van der Waals surface area contributed by atoms with Crippen molar-refractivity contribution in [2.45, 2.75) is 84.5 Å². The third-order valence-electron chi connectivity index (χ3n) is 4.27. The van der Waals surface area contributed by atoms with Crippen molar-refractivity contribution >= 4 is 0 Å². The molecular weight excluding hydrogens is 210 g/mol. The van der Waals surface area contributed by atoms with Gasteiger partial charge in [-0.05, 0) is 52.0 Å². The summed E-state index contributed by atoms with van der Waals surface area (Å²) in [5, 5.41) is 3.60. The van der Waals surface area contributed by atoms with Gasteiger partial charge >= 0.3 is 0 Å². The zero-order chi connectivity index (χ0) is 12.9. The molecule has 0 bridgehead atoms. The maximum Gasteiger partial charge on any atom is 0.0737 e. The van der Waals surface area contributed by atoms with Crippen molar-refractivity contribution in [1.29, 1.82) is 0 Å². The summed E-state index contributed by atoms with van der Waals surface area (Å²) in [7, 11) is 0. The predicted molar refractivity (Wildman–Crippen MR) is 74.3 cm³/mol. The summed E-state index contributed by atoms with van der Waals surface area (Å²) in [5.74, 6) is 0.863. The first-order valence-corrected chi connectivity index (χ1v) is 7.43. The van der Waals surface area contributed by atoms with Gasteiger partial charge in [-0.2, -0.15) is 0 Å². The minimum Gasteiger partial charge on any atom is -0.371 e. The Hall–Kier alpha value is -0.0800. The molecule has 2 nitrogen and oxygen atoms in total. The largest absolute Gasteiger partial charge is 0.371 e. The highest BCUT2D eigenvalue weighted by atomic mass is 16.5. The van der Waals surface area contributed by atoms with Crippen LogP contribution < -0.4 is 5.32 Å². The topological polar surface area (TPSA) is 21.3 Å². The number of hydrogen-bond acceptors (Lipinski definition) is 2. The summed E-state index contributed by atoms with van der Waals surface area (Å²) in [5.41, 5.74) is 0.0218. The molecule has 0 aromatic carbocycles. The Balaban J connectivity index is 2.60. The fourth-order valence-electron chi connectivity index (χ4n) is 2.70. The van der Waals surface area contributed by atoms with Crippen molar-refractivity contribution in [2.24, 2.45) is 5.92 Å². The van der Waals surface area contributed by atoms with Crippen LogP contribution in [0.5, 0.6) is 0 Å². The molecule has 0 spiro atoms. The molecule has 1 rings (SSSR count). The monoisotopic (exact) mass is 241 g/mol. The van der Waals surface area contributed by atoms with Gasteiger partial charge in [0.15, 0.2) is 0 Å². The van der Waals surface area contributed by atoms with Gasteiger partial charge in [0, 0.05) is 6.04 Å². The summed E-state index contributed by atoms with van der Waals surface area (Å²) in [6.07, 6.45) is 6.66. The molecule has 0 aromatic heterocycles. The zero-order valence-electron chi connectivity index (χ0n) is 12.4. The fourth-order valence-corrected chi connectivity index (χ4v) is 2.70. The van der Waals surface area contributed by atoms with E-state index in [0.29, 0.717) is 12.1 Å². The van der Waals surface area contributed by atoms with E-state index in [2.05, 4.69) is 39.9 Å². The van der Waals surface area contributed by atoms with Crippen LogP contribution >= 0.6 is 0 Å². The van der Waals surface area contributed by atoms with Crippen LogP contribution in [0.4, 0.5) is 0 Å². The molecule has 1 fully saturated rings. The van der Waals surface area contributed by atoms with Gasteiger partial charge in [-0.1, -0.05) is 27.2 Å². The Morgan fingerprint density at radius 3 is 2.41 bits per heavy atom. The number of hydrogen-bond donors (Lipinski definition) is 1. The summed E-state index contributed by atoms with van der Waals surface area (Å²) >= 11 is 0. The quantitative estimate of drug-likeness (QED) is 0.764. The first kappa shape index (κ1) is 15.0. The van der Waals surface area contributed by atoms with E-state index >= 15 is 0 Å². The molecule has 2 heteroatoms. The number of rotatable bonds is 6. The second kappa shape index (κ2) is 6.75. The van der Waals surface area contributed by atoms with Crippen LogP contribution in [-0.2, 0) is 4.74 Å². The molecule has 0 saturated heterocycles. The van der Waals surface area contributed by atoms with Crippen molar-refractivity contribution < 1.29 is 4.74 Å². The Morgan fingerprint density at radius 2 is 1.88 bits per heavy atom. The van der Waals surface area contributed by atoms with E-state index in [4.69, 9.17) is 4.74 Å². The van der Waals surface area contributed by atoms with Crippen LogP contribution in [0.25, 0.3) is 0 Å². The van der Waals surface area contributed by atoms with Gasteiger partial charge in [-0.3, -0.25) is 0 Å². The summed E-state index contributed by atoms with van der Waals surface area (Å²) < 4.78 is 6.36. The molecule has 0 aliphatic heterocycles. The molecule has 0 amide bonds. The fraction of sp³-hybridized carbons (Fsp3) is 1.00. The molecule has 1 N–H and O–H groups in total. The van der Waals surface area contributed by atoms with E-state index in [9.17, 15) is 0 Å². The van der Waals surface area contributed by atoms with Crippen molar-refractivity contribution in [3.63, 3.8) is 0 Å². The Bertz CT molecular complexity index is 215. The normalized spacial score (nSPS) is 30.5. The van der Waals surface area contributed by atoms with Gasteiger partial charge < -0.3 is 10.1 Å². The van der Waals surface area contributed by atoms with Crippen molar-refractivity contribution in [1.82, 2.24) is 5.32 Å². The summed E-state index contributed by atoms with van der Waals surface area (Å²) in [6, 6.07) is 0.564. The number of nitrogens with one attached hydrogen (secondary N) is 1. The van der Waals surface area contributed by atoms with Crippen LogP contribution in [0, 0.1) is 5.92 Å². The highest BCUT2D eigenvalue weighted by Crippen LogP contribution is 2.32. The molecular formula is C15H31NO. The molecule has 0 radical (unpaired) electrons. The van der Waals surface area contributed by atoms with Crippen LogP contribution in [0.1, 0.15) is 66.7 Å². The average Bonchev–Trinajstić information content (AvgIpc) is 2.31.